The molecule has 98 valence electrons. The summed E-state index contributed by atoms with van der Waals surface area (Å²) in [6.07, 6.45) is -0.496. The highest BCUT2D eigenvalue weighted by Gasteiger charge is 2.23. The highest BCUT2D eigenvalue weighted by molar-refractivity contribution is 5.82. The van der Waals surface area contributed by atoms with Gasteiger partial charge in [-0.3, -0.25) is 4.79 Å². The molecular weight excluding hydrogens is 228 g/mol. The number of hydrogen-bond acceptors (Lipinski definition) is 3. The van der Waals surface area contributed by atoms with Crippen LogP contribution in [0.25, 0.3) is 0 Å². The van der Waals surface area contributed by atoms with Gasteiger partial charge in [-0.15, -0.1) is 0 Å². The third-order valence-electron chi connectivity index (χ3n) is 3.10. The summed E-state index contributed by atoms with van der Waals surface area (Å²) in [5, 5.41) is 6.15. The molecule has 1 unspecified atom stereocenters. The summed E-state index contributed by atoms with van der Waals surface area (Å²) in [5.74, 6) is 0.516. The van der Waals surface area contributed by atoms with Crippen LogP contribution < -0.4 is 10.6 Å². The molecule has 1 aromatic rings. The minimum absolute atomic E-state index is 0.0463. The molecule has 0 aliphatic carbocycles. The minimum atomic E-state index is -0.496. The molecule has 0 aromatic heterocycles. The van der Waals surface area contributed by atoms with Gasteiger partial charge in [0.15, 0.2) is 6.10 Å². The molecule has 1 aromatic carbocycles. The van der Waals surface area contributed by atoms with Crippen LogP contribution in [0.4, 0.5) is 0 Å². The van der Waals surface area contributed by atoms with Crippen molar-refractivity contribution in [1.82, 2.24) is 10.6 Å². The van der Waals surface area contributed by atoms with Crippen molar-refractivity contribution in [3.05, 3.63) is 35.9 Å². The van der Waals surface area contributed by atoms with Gasteiger partial charge < -0.3 is 15.4 Å². The number of carbonyl (C=O) groups excluding carboxylic acids is 1. The van der Waals surface area contributed by atoms with Crippen LogP contribution in [0.5, 0.6) is 0 Å². The molecule has 4 nitrogen and oxygen atoms in total. The lowest BCUT2D eigenvalue weighted by atomic mass is 10.0. The Labute approximate surface area is 108 Å². The first kappa shape index (κ1) is 13.1. The van der Waals surface area contributed by atoms with Crippen molar-refractivity contribution in [3.8, 4) is 0 Å². The Bertz CT molecular complexity index is 377. The quantitative estimate of drug-likeness (QED) is 0.792. The first-order chi connectivity index (χ1) is 8.81. The fourth-order valence-electron chi connectivity index (χ4n) is 1.95. The Kier molecular flexibility index (Phi) is 4.73. The second-order valence-electron chi connectivity index (χ2n) is 4.52. The summed E-state index contributed by atoms with van der Waals surface area (Å²) in [6, 6.07) is 9.62. The van der Waals surface area contributed by atoms with E-state index in [4.69, 9.17) is 4.74 Å². The topological polar surface area (TPSA) is 50.4 Å². The normalized spacial score (nSPS) is 16.9. The molecule has 4 heteroatoms. The average molecular weight is 248 g/mol. The number of rotatable bonds is 6. The molecule has 1 aliphatic rings. The van der Waals surface area contributed by atoms with E-state index in [1.54, 1.807) is 0 Å². The number of nitrogens with one attached hydrogen (secondary N) is 2. The Morgan fingerprint density at radius 1 is 1.44 bits per heavy atom. The Balaban J connectivity index is 1.93. The van der Waals surface area contributed by atoms with Crippen molar-refractivity contribution < 1.29 is 9.53 Å². The van der Waals surface area contributed by atoms with Gasteiger partial charge in [-0.2, -0.15) is 0 Å². The Morgan fingerprint density at radius 2 is 2.17 bits per heavy atom. The summed E-state index contributed by atoms with van der Waals surface area (Å²) in [5.41, 5.74) is 0.906. The van der Waals surface area contributed by atoms with E-state index in [9.17, 15) is 4.79 Å². The molecule has 2 rings (SSSR count). The zero-order valence-electron chi connectivity index (χ0n) is 10.7. The van der Waals surface area contributed by atoms with Crippen molar-refractivity contribution in [2.75, 3.05) is 26.2 Å². The second-order valence-corrected chi connectivity index (χ2v) is 4.52. The molecule has 0 radical (unpaired) electrons. The summed E-state index contributed by atoms with van der Waals surface area (Å²) in [4.78, 5) is 12.1. The monoisotopic (exact) mass is 248 g/mol. The molecule has 1 saturated heterocycles. The van der Waals surface area contributed by atoms with Crippen molar-refractivity contribution >= 4 is 5.91 Å². The number of ether oxygens (including phenoxy) is 1. The van der Waals surface area contributed by atoms with E-state index in [-0.39, 0.29) is 5.91 Å². The minimum Gasteiger partial charge on any atom is -0.364 e. The second kappa shape index (κ2) is 6.52. The Morgan fingerprint density at radius 3 is 2.72 bits per heavy atom. The van der Waals surface area contributed by atoms with E-state index < -0.39 is 6.10 Å². The van der Waals surface area contributed by atoms with Crippen LogP contribution in [0.15, 0.2) is 30.3 Å². The predicted molar refractivity (Wildman–Crippen MR) is 70.2 cm³/mol. The van der Waals surface area contributed by atoms with E-state index in [2.05, 4.69) is 10.6 Å². The van der Waals surface area contributed by atoms with E-state index in [0.29, 0.717) is 12.5 Å². The van der Waals surface area contributed by atoms with Crippen LogP contribution in [-0.2, 0) is 9.53 Å². The van der Waals surface area contributed by atoms with Crippen LogP contribution in [-0.4, -0.2) is 32.1 Å². The number of hydrogen-bond donors (Lipinski definition) is 2. The van der Waals surface area contributed by atoms with Crippen LogP contribution in [0.3, 0.4) is 0 Å². The van der Waals surface area contributed by atoms with Gasteiger partial charge >= 0.3 is 0 Å². The van der Waals surface area contributed by atoms with Crippen molar-refractivity contribution in [2.24, 2.45) is 5.92 Å². The molecule has 1 amide bonds. The Hall–Kier alpha value is -1.39. The summed E-state index contributed by atoms with van der Waals surface area (Å²) < 4.78 is 5.55. The van der Waals surface area contributed by atoms with Crippen LogP contribution >= 0.6 is 0 Å². The lowest BCUT2D eigenvalue weighted by Gasteiger charge is -2.28. The number of amides is 1. The molecule has 0 spiro atoms. The maximum Gasteiger partial charge on any atom is 0.253 e. The first-order valence-corrected chi connectivity index (χ1v) is 6.46. The third kappa shape index (κ3) is 3.31. The molecule has 1 aliphatic heterocycles. The fraction of sp³-hybridized carbons (Fsp3) is 0.500. The molecule has 0 saturated carbocycles. The molecule has 1 heterocycles. The standard InChI is InChI=1S/C14H20N2O2/c1-2-18-13(12-6-4-3-5-7-12)14(17)16-10-11-8-15-9-11/h3-7,11,13,15H,2,8-10H2,1H3,(H,16,17). The lowest BCUT2D eigenvalue weighted by molar-refractivity contribution is -0.133. The van der Waals surface area contributed by atoms with Crippen LogP contribution in [0, 0.1) is 5.92 Å². The van der Waals surface area contributed by atoms with Gasteiger partial charge in [0, 0.05) is 32.2 Å². The zero-order valence-corrected chi connectivity index (χ0v) is 10.7. The maximum atomic E-state index is 12.1. The lowest BCUT2D eigenvalue weighted by Crippen LogP contribution is -2.48. The van der Waals surface area contributed by atoms with Gasteiger partial charge in [0.2, 0.25) is 0 Å². The van der Waals surface area contributed by atoms with E-state index in [1.165, 1.54) is 0 Å². The molecule has 1 atom stereocenters. The molecule has 1 fully saturated rings. The van der Waals surface area contributed by atoms with Gasteiger partial charge in [0.05, 0.1) is 0 Å². The summed E-state index contributed by atoms with van der Waals surface area (Å²) in [7, 11) is 0. The molecule has 2 N–H and O–H groups in total. The zero-order chi connectivity index (χ0) is 12.8. The van der Waals surface area contributed by atoms with Gasteiger partial charge in [-0.05, 0) is 12.5 Å². The SMILES string of the molecule is CCOC(C(=O)NCC1CNC1)c1ccccc1. The smallest absolute Gasteiger partial charge is 0.253 e. The van der Waals surface area contributed by atoms with Crippen molar-refractivity contribution in [1.29, 1.82) is 0 Å². The van der Waals surface area contributed by atoms with E-state index in [0.717, 1.165) is 25.2 Å². The third-order valence-corrected chi connectivity index (χ3v) is 3.10. The predicted octanol–water partition coefficient (Wildman–Crippen LogP) is 1.10. The number of carbonyl (C=O) groups is 1. The summed E-state index contributed by atoms with van der Waals surface area (Å²) in [6.45, 7) is 5.13. The van der Waals surface area contributed by atoms with Crippen LogP contribution in [0.1, 0.15) is 18.6 Å². The van der Waals surface area contributed by atoms with Gasteiger partial charge in [0.25, 0.3) is 5.91 Å². The van der Waals surface area contributed by atoms with Crippen molar-refractivity contribution in [3.63, 3.8) is 0 Å². The van der Waals surface area contributed by atoms with Gasteiger partial charge in [-0.1, -0.05) is 30.3 Å². The van der Waals surface area contributed by atoms with E-state index >= 15 is 0 Å². The number of benzene rings is 1. The molecule has 18 heavy (non-hydrogen) atoms. The maximum absolute atomic E-state index is 12.1. The average Bonchev–Trinajstić information content (AvgIpc) is 2.35. The van der Waals surface area contributed by atoms with Crippen molar-refractivity contribution in [2.45, 2.75) is 13.0 Å². The highest BCUT2D eigenvalue weighted by Crippen LogP contribution is 2.17. The molecular formula is C14H20N2O2. The van der Waals surface area contributed by atoms with Crippen LogP contribution in [0.2, 0.25) is 0 Å². The molecule has 0 bridgehead atoms. The fourth-order valence-corrected chi connectivity index (χ4v) is 1.95. The highest BCUT2D eigenvalue weighted by atomic mass is 16.5. The van der Waals surface area contributed by atoms with Gasteiger partial charge in [0.1, 0.15) is 0 Å². The van der Waals surface area contributed by atoms with E-state index in [1.807, 2.05) is 37.3 Å². The summed E-state index contributed by atoms with van der Waals surface area (Å²) >= 11 is 0. The first-order valence-electron chi connectivity index (χ1n) is 6.46. The van der Waals surface area contributed by atoms with Gasteiger partial charge in [-0.25, -0.2) is 0 Å². The largest absolute Gasteiger partial charge is 0.364 e.